The number of aryl methyl sites for hydroxylation is 1. The average Bonchev–Trinajstić information content (AvgIpc) is 3.04. The van der Waals surface area contributed by atoms with Crippen LogP contribution in [0, 0.1) is 12.8 Å². The molecule has 0 aliphatic carbocycles. The number of nitrogens with zero attached hydrogens (tertiary/aromatic N) is 3. The number of amides is 1. The van der Waals surface area contributed by atoms with Crippen molar-refractivity contribution in [2.24, 2.45) is 10.9 Å². The van der Waals surface area contributed by atoms with Gasteiger partial charge in [0.2, 0.25) is 0 Å². The summed E-state index contributed by atoms with van der Waals surface area (Å²) in [7, 11) is 1.78. The maximum atomic E-state index is 12.3. The summed E-state index contributed by atoms with van der Waals surface area (Å²) in [4.78, 5) is 22.9. The molecule has 166 valence electrons. The smallest absolute Gasteiger partial charge is 0.410 e. The van der Waals surface area contributed by atoms with Gasteiger partial charge in [0.05, 0.1) is 10.7 Å². The van der Waals surface area contributed by atoms with E-state index in [0.29, 0.717) is 5.92 Å². The zero-order valence-corrected chi connectivity index (χ0v) is 21.4. The minimum absolute atomic E-state index is 0. The van der Waals surface area contributed by atoms with E-state index in [-0.39, 0.29) is 30.1 Å². The summed E-state index contributed by atoms with van der Waals surface area (Å²) in [6, 6.07) is 0. The fraction of sp³-hybridized carbons (Fsp3) is 0.750. The Morgan fingerprint density at radius 3 is 2.72 bits per heavy atom. The third kappa shape index (κ3) is 9.97. The lowest BCUT2D eigenvalue weighted by atomic mass is 9.95. The predicted octanol–water partition coefficient (Wildman–Crippen LogP) is 3.81. The van der Waals surface area contributed by atoms with Crippen LogP contribution in [0.3, 0.4) is 0 Å². The first-order valence-corrected chi connectivity index (χ1v) is 11.0. The van der Waals surface area contributed by atoms with Crippen molar-refractivity contribution in [1.29, 1.82) is 0 Å². The Kier molecular flexibility index (Phi) is 11.2. The molecule has 0 spiro atoms. The maximum absolute atomic E-state index is 12.3. The van der Waals surface area contributed by atoms with Crippen LogP contribution in [0.15, 0.2) is 10.4 Å². The number of hydrogen-bond acceptors (Lipinski definition) is 5. The molecule has 1 fully saturated rings. The number of hydrogen-bond donors (Lipinski definition) is 2. The van der Waals surface area contributed by atoms with Gasteiger partial charge in [0.1, 0.15) is 5.60 Å². The van der Waals surface area contributed by atoms with Crippen molar-refractivity contribution in [3.63, 3.8) is 0 Å². The highest BCUT2D eigenvalue weighted by molar-refractivity contribution is 14.0. The first-order valence-electron chi connectivity index (χ1n) is 10.1. The van der Waals surface area contributed by atoms with Crippen molar-refractivity contribution in [3.8, 4) is 0 Å². The van der Waals surface area contributed by atoms with Crippen LogP contribution >= 0.6 is 35.3 Å². The number of aliphatic imine (C=N–C) groups is 1. The maximum Gasteiger partial charge on any atom is 0.410 e. The lowest BCUT2D eigenvalue weighted by Gasteiger charge is -2.34. The topological polar surface area (TPSA) is 78.9 Å². The molecule has 1 unspecified atom stereocenters. The van der Waals surface area contributed by atoms with E-state index in [9.17, 15) is 4.79 Å². The summed E-state index contributed by atoms with van der Waals surface area (Å²) in [5.41, 5.74) is 0.677. The molecule has 1 saturated heterocycles. The molecule has 2 heterocycles. The number of piperidine rings is 1. The minimum Gasteiger partial charge on any atom is -0.444 e. The molecular formula is C20H36IN5O2S. The molecule has 1 aliphatic rings. The van der Waals surface area contributed by atoms with Crippen molar-refractivity contribution in [1.82, 2.24) is 20.5 Å². The fourth-order valence-electron chi connectivity index (χ4n) is 3.24. The fourth-order valence-corrected chi connectivity index (χ4v) is 3.89. The number of halogens is 1. The van der Waals surface area contributed by atoms with E-state index in [1.54, 1.807) is 18.4 Å². The van der Waals surface area contributed by atoms with Gasteiger partial charge in [-0.25, -0.2) is 9.78 Å². The Labute approximate surface area is 196 Å². The molecule has 2 rings (SSSR count). The van der Waals surface area contributed by atoms with Gasteiger partial charge in [-0.3, -0.25) is 4.99 Å². The molecule has 2 N–H and O–H groups in total. The Balaban J connectivity index is 0.00000420. The lowest BCUT2D eigenvalue weighted by Crippen LogP contribution is -2.44. The van der Waals surface area contributed by atoms with E-state index in [4.69, 9.17) is 4.74 Å². The third-order valence-corrected chi connectivity index (χ3v) is 5.40. The van der Waals surface area contributed by atoms with Crippen LogP contribution in [-0.2, 0) is 11.2 Å². The standard InChI is InChI=1S/C20H35N5O2S.HI/c1-15-24-17(14-28-15)9-11-23-18(21-5)22-10-8-16-7-6-12-25(13-16)19(26)27-20(2,3)4;/h14,16H,6-13H2,1-5H3,(H2,21,22,23);1H. The Hall–Kier alpha value is -1.10. The van der Waals surface area contributed by atoms with E-state index in [1.807, 2.05) is 32.6 Å². The van der Waals surface area contributed by atoms with Gasteiger partial charge in [-0.15, -0.1) is 35.3 Å². The summed E-state index contributed by atoms with van der Waals surface area (Å²) in [6.07, 6.45) is 3.88. The molecule has 1 aromatic rings. The van der Waals surface area contributed by atoms with Gasteiger partial charge in [0.15, 0.2) is 5.96 Å². The lowest BCUT2D eigenvalue weighted by molar-refractivity contribution is 0.0162. The van der Waals surface area contributed by atoms with E-state index in [2.05, 4.69) is 26.0 Å². The Morgan fingerprint density at radius 2 is 2.10 bits per heavy atom. The summed E-state index contributed by atoms with van der Waals surface area (Å²) < 4.78 is 5.51. The zero-order chi connectivity index (χ0) is 20.6. The molecule has 7 nitrogen and oxygen atoms in total. The second-order valence-corrected chi connectivity index (χ2v) is 9.32. The quantitative estimate of drug-likeness (QED) is 0.328. The summed E-state index contributed by atoms with van der Waals surface area (Å²) in [5.74, 6) is 1.30. The second-order valence-electron chi connectivity index (χ2n) is 8.26. The molecule has 0 aromatic carbocycles. The van der Waals surface area contributed by atoms with E-state index in [0.717, 1.165) is 68.5 Å². The van der Waals surface area contributed by atoms with Crippen LogP contribution < -0.4 is 10.6 Å². The molecule has 0 saturated carbocycles. The molecule has 1 atom stereocenters. The van der Waals surface area contributed by atoms with Gasteiger partial charge in [0.25, 0.3) is 0 Å². The number of thiazole rings is 1. The first-order chi connectivity index (χ1) is 13.3. The van der Waals surface area contributed by atoms with Crippen molar-refractivity contribution in [2.75, 3.05) is 33.2 Å². The number of carbonyl (C=O) groups is 1. The molecule has 9 heteroatoms. The van der Waals surface area contributed by atoms with Gasteiger partial charge in [-0.1, -0.05) is 0 Å². The van der Waals surface area contributed by atoms with Gasteiger partial charge < -0.3 is 20.3 Å². The van der Waals surface area contributed by atoms with Crippen molar-refractivity contribution in [2.45, 2.75) is 59.0 Å². The largest absolute Gasteiger partial charge is 0.444 e. The van der Waals surface area contributed by atoms with Crippen LogP contribution in [0.5, 0.6) is 0 Å². The van der Waals surface area contributed by atoms with Gasteiger partial charge in [-0.05, 0) is 52.9 Å². The zero-order valence-electron chi connectivity index (χ0n) is 18.3. The van der Waals surface area contributed by atoms with Crippen LogP contribution in [0.1, 0.15) is 50.7 Å². The second kappa shape index (κ2) is 12.6. The highest BCUT2D eigenvalue weighted by Crippen LogP contribution is 2.21. The summed E-state index contributed by atoms with van der Waals surface area (Å²) in [5, 5.41) is 9.92. The predicted molar refractivity (Wildman–Crippen MR) is 130 cm³/mol. The Morgan fingerprint density at radius 1 is 1.38 bits per heavy atom. The first kappa shape index (κ1) is 25.9. The number of likely N-dealkylation sites (tertiary alicyclic amines) is 1. The van der Waals surface area contributed by atoms with E-state index in [1.165, 1.54) is 0 Å². The SMILES string of the molecule is CN=C(NCCc1csc(C)n1)NCCC1CCCN(C(=O)OC(C)(C)C)C1.I. The molecule has 1 amide bonds. The molecule has 29 heavy (non-hydrogen) atoms. The van der Waals surface area contributed by atoms with E-state index >= 15 is 0 Å². The number of ether oxygens (including phenoxy) is 1. The van der Waals surface area contributed by atoms with Crippen molar-refractivity contribution < 1.29 is 9.53 Å². The Bertz CT molecular complexity index is 660. The van der Waals surface area contributed by atoms with Gasteiger partial charge >= 0.3 is 6.09 Å². The number of nitrogens with one attached hydrogen (secondary N) is 2. The monoisotopic (exact) mass is 537 g/mol. The molecule has 1 aliphatic heterocycles. The van der Waals surface area contributed by atoms with Crippen LogP contribution in [0.4, 0.5) is 4.79 Å². The van der Waals surface area contributed by atoms with Crippen LogP contribution in [-0.4, -0.2) is 60.8 Å². The highest BCUT2D eigenvalue weighted by Gasteiger charge is 2.27. The third-order valence-electron chi connectivity index (χ3n) is 4.58. The highest BCUT2D eigenvalue weighted by atomic mass is 127. The number of rotatable bonds is 6. The summed E-state index contributed by atoms with van der Waals surface area (Å²) in [6.45, 7) is 10.9. The molecule has 0 radical (unpaired) electrons. The number of aromatic nitrogens is 1. The molecule has 1 aromatic heterocycles. The number of carbonyl (C=O) groups excluding carboxylic acids is 1. The minimum atomic E-state index is -0.443. The van der Waals surface area contributed by atoms with Crippen LogP contribution in [0.25, 0.3) is 0 Å². The van der Waals surface area contributed by atoms with Gasteiger partial charge in [0, 0.05) is 45.0 Å². The van der Waals surface area contributed by atoms with Crippen molar-refractivity contribution in [3.05, 3.63) is 16.1 Å². The normalized spacial score (nSPS) is 17.5. The summed E-state index contributed by atoms with van der Waals surface area (Å²) >= 11 is 1.68. The average molecular weight is 538 g/mol. The molecule has 0 bridgehead atoms. The van der Waals surface area contributed by atoms with Gasteiger partial charge in [-0.2, -0.15) is 0 Å². The number of guanidine groups is 1. The van der Waals surface area contributed by atoms with Crippen molar-refractivity contribution >= 4 is 47.4 Å². The van der Waals surface area contributed by atoms with E-state index < -0.39 is 5.60 Å². The molecular weight excluding hydrogens is 501 g/mol. The van der Waals surface area contributed by atoms with Crippen LogP contribution in [0.2, 0.25) is 0 Å².